The zero-order chi connectivity index (χ0) is 57.9. The van der Waals surface area contributed by atoms with Crippen molar-refractivity contribution in [2.75, 3.05) is 0 Å². The summed E-state index contributed by atoms with van der Waals surface area (Å²) in [5, 5.41) is 1.76. The van der Waals surface area contributed by atoms with E-state index in [-0.39, 0.29) is 0 Å². The van der Waals surface area contributed by atoms with E-state index in [4.69, 9.17) is 11.6 Å². The van der Waals surface area contributed by atoms with Gasteiger partial charge in [-0.05, 0) is 36.4 Å². The molecule has 0 radical (unpaired) electrons. The Kier molecular flexibility index (Phi) is 15.8. The first-order valence-corrected chi connectivity index (χ1v) is 21.6. The number of halogens is 25. The van der Waals surface area contributed by atoms with E-state index in [0.717, 1.165) is 17.8 Å². The fourth-order valence-electron chi connectivity index (χ4n) is 8.51. The van der Waals surface area contributed by atoms with Crippen LogP contribution in [0.5, 0.6) is 0 Å². The molecule has 0 amide bonds. The fraction of sp³-hybridized carbons (Fsp3) is 0.180. The van der Waals surface area contributed by atoms with Gasteiger partial charge in [-0.3, -0.25) is 0 Å². The van der Waals surface area contributed by atoms with Crippen LogP contribution in [0.15, 0.2) is 146 Å². The average Bonchev–Trinajstić information content (AvgIpc) is 3.30. The largest absolute Gasteiger partial charge is 0.416 e. The van der Waals surface area contributed by atoms with E-state index in [1.165, 1.54) is 10.9 Å². The molecule has 7 aromatic rings. The van der Waals surface area contributed by atoms with E-state index in [2.05, 4.69) is 53.6 Å². The number of hydrogen-bond donors (Lipinski definition) is 0. The van der Waals surface area contributed by atoms with Crippen LogP contribution in [0.3, 0.4) is 0 Å². The van der Waals surface area contributed by atoms with Crippen molar-refractivity contribution >= 4 is 55.5 Å². The molecule has 7 rings (SSSR count). The average molecular weight is 1140 g/mol. The Morgan fingerprint density at radius 1 is 0.351 bits per heavy atom. The summed E-state index contributed by atoms with van der Waals surface area (Å²) in [7, 11) is 0. The summed E-state index contributed by atoms with van der Waals surface area (Å²) in [5.41, 5.74) is -26.8. The molecule has 0 unspecified atom stereocenters. The van der Waals surface area contributed by atoms with Gasteiger partial charge in [0.1, 0.15) is 11.2 Å². The van der Waals surface area contributed by atoms with Gasteiger partial charge in [-0.15, -0.1) is 0 Å². The van der Waals surface area contributed by atoms with Gasteiger partial charge >= 0.3 is 49.4 Å². The smallest absolute Gasteiger partial charge is 0.194 e. The molecular formula is C50H27BClF24N. The summed E-state index contributed by atoms with van der Waals surface area (Å²) in [5.74, 6) is 0. The number of para-hydroxylation sites is 1. The van der Waals surface area contributed by atoms with Crippen LogP contribution in [0.2, 0.25) is 0 Å². The second-order valence-electron chi connectivity index (χ2n) is 17.0. The highest BCUT2D eigenvalue weighted by atomic mass is 35.5. The fourth-order valence-corrected chi connectivity index (χ4v) is 8.67. The van der Waals surface area contributed by atoms with Gasteiger partial charge in [-0.2, -0.15) is 132 Å². The predicted molar refractivity (Wildman–Crippen MR) is 235 cm³/mol. The van der Waals surface area contributed by atoms with Crippen LogP contribution < -0.4 is 26.4 Å². The molecule has 0 spiro atoms. The van der Waals surface area contributed by atoms with Crippen LogP contribution in [-0.4, -0.2) is 6.15 Å². The third-order valence-corrected chi connectivity index (χ3v) is 12.0. The van der Waals surface area contributed by atoms with Crippen LogP contribution >= 0.6 is 11.6 Å². The van der Waals surface area contributed by atoms with Crippen molar-refractivity contribution in [3.8, 4) is 0 Å². The Bertz CT molecular complexity index is 2870. The Morgan fingerprint density at radius 2 is 0.610 bits per heavy atom. The van der Waals surface area contributed by atoms with Crippen molar-refractivity contribution < 1.29 is 110 Å². The van der Waals surface area contributed by atoms with Gasteiger partial charge in [-0.1, -0.05) is 109 Å². The number of nitrogens with zero attached hydrogens (tertiary/aromatic N) is 1. The topological polar surface area (TPSA) is 3.88 Å². The van der Waals surface area contributed by atoms with E-state index >= 15 is 0 Å². The van der Waals surface area contributed by atoms with Crippen molar-refractivity contribution in [2.24, 2.45) is 0 Å². The van der Waals surface area contributed by atoms with Gasteiger partial charge in [0.25, 0.3) is 0 Å². The molecular weight excluding hydrogens is 1120 g/mol. The zero-order valence-electron chi connectivity index (χ0n) is 37.7. The zero-order valence-corrected chi connectivity index (χ0v) is 38.4. The van der Waals surface area contributed by atoms with Crippen LogP contribution in [-0.2, 0) is 56.0 Å². The lowest BCUT2D eigenvalue weighted by molar-refractivity contribution is -0.664. The number of fused-ring (bicyclic) bond motifs is 1. The molecule has 1 aromatic heterocycles. The van der Waals surface area contributed by atoms with E-state index in [0.29, 0.717) is 5.03 Å². The number of rotatable bonds is 7. The third-order valence-electron chi connectivity index (χ3n) is 11.8. The molecule has 0 bridgehead atoms. The normalized spacial score (nSPS) is 13.4. The predicted octanol–water partition coefficient (Wildman–Crippen LogP) is 15.6. The summed E-state index contributed by atoms with van der Waals surface area (Å²) in [6.07, 6.45) is -54.8. The number of alkyl halides is 24. The lowest BCUT2D eigenvalue weighted by atomic mass is 9.12. The summed E-state index contributed by atoms with van der Waals surface area (Å²) < 4.78 is 343. The van der Waals surface area contributed by atoms with Gasteiger partial charge in [0.2, 0.25) is 11.2 Å². The van der Waals surface area contributed by atoms with Crippen LogP contribution in [0.25, 0.3) is 15.9 Å². The number of benzene rings is 6. The molecule has 1 heterocycles. The van der Waals surface area contributed by atoms with Crippen LogP contribution in [0.1, 0.15) is 55.8 Å². The minimum absolute atomic E-state index is 0.562. The van der Waals surface area contributed by atoms with E-state index in [1.54, 1.807) is 0 Å². The first-order valence-electron chi connectivity index (χ1n) is 21.2. The molecule has 0 saturated heterocycles. The van der Waals surface area contributed by atoms with Crippen molar-refractivity contribution in [1.29, 1.82) is 0 Å². The third kappa shape index (κ3) is 13.3. The van der Waals surface area contributed by atoms with Gasteiger partial charge in [0, 0.05) is 23.1 Å². The Hall–Kier alpha value is -6.86. The highest BCUT2D eigenvalue weighted by Crippen LogP contribution is 2.41. The molecule has 0 atom stereocenters. The highest BCUT2D eigenvalue weighted by Gasteiger charge is 2.47. The van der Waals surface area contributed by atoms with Gasteiger partial charge in [-0.25, -0.2) is 0 Å². The maximum absolute atomic E-state index is 14.2. The maximum atomic E-state index is 14.2. The minimum Gasteiger partial charge on any atom is -0.194 e. The quantitative estimate of drug-likeness (QED) is 0.0851. The number of hydrogen-bond acceptors (Lipinski definition) is 0. The second-order valence-corrected chi connectivity index (χ2v) is 17.4. The Labute approximate surface area is 422 Å². The minimum atomic E-state index is -6.13. The van der Waals surface area contributed by atoms with Gasteiger partial charge in [0.05, 0.1) is 44.5 Å². The number of pyridine rings is 1. The molecule has 410 valence electrons. The van der Waals surface area contributed by atoms with Crippen molar-refractivity contribution in [2.45, 2.75) is 56.0 Å². The monoisotopic (exact) mass is 1140 g/mol. The van der Waals surface area contributed by atoms with Gasteiger partial charge in [0.15, 0.2) is 6.54 Å². The summed E-state index contributed by atoms with van der Waals surface area (Å²) >= 11 is 6.16. The highest BCUT2D eigenvalue weighted by molar-refractivity contribution is 7.20. The number of aromatic nitrogens is 1. The van der Waals surface area contributed by atoms with Crippen LogP contribution in [0, 0.1) is 0 Å². The Morgan fingerprint density at radius 3 is 0.870 bits per heavy atom. The van der Waals surface area contributed by atoms with Crippen molar-refractivity contribution in [3.63, 3.8) is 0 Å². The molecule has 0 aliphatic heterocycles. The van der Waals surface area contributed by atoms with Gasteiger partial charge < -0.3 is 0 Å². The molecule has 0 aliphatic rings. The molecule has 1 nitrogen and oxygen atoms in total. The second kappa shape index (κ2) is 20.5. The van der Waals surface area contributed by atoms with E-state index in [9.17, 15) is 105 Å². The SMILES string of the molecule is C=C(Cl)c1ccc2ccccc2[n+]1Cc1ccccc1.FC(F)(F)c1cc([B-](c2cc(C(F)(F)F)cc(C(F)(F)F)c2)(c2cc(C(F)(F)F)cc(C(F)(F)F)c2)c2cc(C(F)(F)F)cc(C(F)(F)F)c2)cc(C(F)(F)F)c1. The maximum Gasteiger partial charge on any atom is 0.416 e. The first-order chi connectivity index (χ1) is 35.0. The van der Waals surface area contributed by atoms with E-state index < -0.39 is 195 Å². The molecule has 27 heteroatoms. The molecule has 0 saturated carbocycles. The van der Waals surface area contributed by atoms with Crippen molar-refractivity contribution in [3.05, 3.63) is 202 Å². The molecule has 0 N–H and O–H groups in total. The molecule has 0 aliphatic carbocycles. The van der Waals surface area contributed by atoms with Crippen molar-refractivity contribution in [1.82, 2.24) is 0 Å². The summed E-state index contributed by atoms with van der Waals surface area (Å²) in [4.78, 5) is 0. The lowest BCUT2D eigenvalue weighted by Gasteiger charge is -2.46. The summed E-state index contributed by atoms with van der Waals surface area (Å²) in [6, 6.07) is 14.0. The molecule has 0 fully saturated rings. The van der Waals surface area contributed by atoms with E-state index in [1.807, 2.05) is 24.3 Å². The van der Waals surface area contributed by atoms with Crippen LogP contribution in [0.4, 0.5) is 105 Å². The lowest BCUT2D eigenvalue weighted by Crippen LogP contribution is -2.75. The molecule has 77 heavy (non-hydrogen) atoms. The Balaban J connectivity index is 0.000000397. The standard InChI is InChI=1S/C32H12BF24.C18H15ClN/c34-25(35,36)13-1-14(26(37,38)39)6-21(5-13)33(22-7-15(27(40,41)42)2-16(8-22)28(43,44)45,23-9-17(29(46,47)48)3-18(10-23)30(49,50)51)24-11-19(31(52,53)54)4-20(12-24)32(55,56)57;1-14(19)17-12-11-16-9-5-6-10-18(16)20(17)13-15-7-3-2-4-8-15/h1-12H;2-12H,1,13H2/q-1;+1. The molecule has 6 aromatic carbocycles. The summed E-state index contributed by atoms with van der Waals surface area (Å²) in [6.45, 7) is 4.66. The first kappa shape index (κ1) is 59.4.